The Morgan fingerprint density at radius 2 is 1.93 bits per heavy atom. The van der Waals surface area contributed by atoms with Crippen molar-refractivity contribution in [3.8, 4) is 5.75 Å². The number of ether oxygens (including phenoxy) is 1. The summed E-state index contributed by atoms with van der Waals surface area (Å²) in [5.74, 6) is 1.40. The highest BCUT2D eigenvalue weighted by molar-refractivity contribution is 6.30. The summed E-state index contributed by atoms with van der Waals surface area (Å²) in [4.78, 5) is 16.7. The van der Waals surface area contributed by atoms with Gasteiger partial charge in [0, 0.05) is 25.2 Å². The molecule has 2 aromatic rings. The molecular formula is C20H29ClN4O2. The molecule has 1 heterocycles. The smallest absolute Gasteiger partial charge is 0.271 e. The number of unbranched alkanes of at least 4 members (excludes halogenated alkanes) is 3. The lowest BCUT2D eigenvalue weighted by Crippen LogP contribution is -2.27. The van der Waals surface area contributed by atoms with Crippen LogP contribution in [0.1, 0.15) is 49.5 Å². The lowest BCUT2D eigenvalue weighted by atomic mass is 10.2. The minimum absolute atomic E-state index is 0.0728. The van der Waals surface area contributed by atoms with Crippen molar-refractivity contribution in [2.24, 2.45) is 0 Å². The van der Waals surface area contributed by atoms with Crippen LogP contribution in [0, 0.1) is 0 Å². The Morgan fingerprint density at radius 3 is 2.63 bits per heavy atom. The van der Waals surface area contributed by atoms with Gasteiger partial charge in [-0.3, -0.25) is 4.79 Å². The van der Waals surface area contributed by atoms with Crippen molar-refractivity contribution in [2.45, 2.75) is 45.6 Å². The van der Waals surface area contributed by atoms with Crippen LogP contribution in [0.3, 0.4) is 0 Å². The molecule has 2 rings (SSSR count). The van der Waals surface area contributed by atoms with E-state index in [0.717, 1.165) is 44.4 Å². The molecule has 0 spiro atoms. The number of rotatable bonds is 12. The average Bonchev–Trinajstić information content (AvgIpc) is 3.08. The van der Waals surface area contributed by atoms with Crippen LogP contribution in [0.25, 0.3) is 0 Å². The van der Waals surface area contributed by atoms with E-state index in [0.29, 0.717) is 29.7 Å². The average molecular weight is 393 g/mol. The molecule has 0 unspecified atom stereocenters. The minimum atomic E-state index is -0.0728. The summed E-state index contributed by atoms with van der Waals surface area (Å²) in [5.41, 5.74) is 0.607. The van der Waals surface area contributed by atoms with Crippen LogP contribution in [-0.2, 0) is 6.54 Å². The molecule has 0 aliphatic carbocycles. The van der Waals surface area contributed by atoms with Crippen molar-refractivity contribution in [3.63, 3.8) is 0 Å². The Balaban J connectivity index is 1.60. The van der Waals surface area contributed by atoms with Crippen LogP contribution < -0.4 is 15.4 Å². The SMILES string of the molecule is CCCn1cnc(NC)c1C(=O)NCCCCCCOc1ccc(Cl)cc1. The number of halogens is 1. The highest BCUT2D eigenvalue weighted by Crippen LogP contribution is 2.16. The standard InChI is InChI=1S/C20H29ClN4O2/c1-3-13-25-15-24-19(22-2)18(25)20(26)23-12-6-4-5-7-14-27-17-10-8-16(21)9-11-17/h8-11,15,22H,3-7,12-14H2,1-2H3,(H,23,26). The molecule has 0 radical (unpaired) electrons. The number of amides is 1. The fourth-order valence-corrected chi connectivity index (χ4v) is 2.93. The van der Waals surface area contributed by atoms with Crippen molar-refractivity contribution < 1.29 is 9.53 Å². The molecule has 0 saturated carbocycles. The molecule has 0 saturated heterocycles. The molecule has 0 bridgehead atoms. The summed E-state index contributed by atoms with van der Waals surface area (Å²) in [6.07, 6.45) is 6.73. The summed E-state index contributed by atoms with van der Waals surface area (Å²) >= 11 is 5.85. The molecular weight excluding hydrogens is 364 g/mol. The first-order chi connectivity index (χ1) is 13.2. The lowest BCUT2D eigenvalue weighted by molar-refractivity contribution is 0.0944. The van der Waals surface area contributed by atoms with Crippen molar-refractivity contribution in [1.82, 2.24) is 14.9 Å². The molecule has 6 nitrogen and oxygen atoms in total. The molecule has 0 aliphatic heterocycles. The molecule has 27 heavy (non-hydrogen) atoms. The zero-order valence-corrected chi connectivity index (χ0v) is 16.9. The molecule has 2 N–H and O–H groups in total. The van der Waals surface area contributed by atoms with E-state index in [9.17, 15) is 4.79 Å². The quantitative estimate of drug-likeness (QED) is 0.526. The second kappa shape index (κ2) is 11.5. The number of aryl methyl sites for hydroxylation is 1. The van der Waals surface area contributed by atoms with Gasteiger partial charge in [0.2, 0.25) is 0 Å². The van der Waals surface area contributed by atoms with Crippen LogP contribution in [0.5, 0.6) is 5.75 Å². The number of anilines is 1. The van der Waals surface area contributed by atoms with Gasteiger partial charge in [-0.25, -0.2) is 4.98 Å². The van der Waals surface area contributed by atoms with Crippen molar-refractivity contribution in [3.05, 3.63) is 41.3 Å². The number of hydrogen-bond acceptors (Lipinski definition) is 4. The Morgan fingerprint density at radius 1 is 1.19 bits per heavy atom. The third kappa shape index (κ3) is 6.79. The molecule has 1 aromatic carbocycles. The highest BCUT2D eigenvalue weighted by Gasteiger charge is 2.17. The topological polar surface area (TPSA) is 68.2 Å². The maximum absolute atomic E-state index is 12.5. The molecule has 1 aromatic heterocycles. The van der Waals surface area contributed by atoms with Crippen LogP contribution >= 0.6 is 11.6 Å². The zero-order chi connectivity index (χ0) is 19.5. The number of benzene rings is 1. The van der Waals surface area contributed by atoms with Gasteiger partial charge in [-0.2, -0.15) is 0 Å². The summed E-state index contributed by atoms with van der Waals surface area (Å²) in [5, 5.41) is 6.69. The van der Waals surface area contributed by atoms with Gasteiger partial charge in [0.05, 0.1) is 12.9 Å². The van der Waals surface area contributed by atoms with Crippen LogP contribution in [0.15, 0.2) is 30.6 Å². The molecule has 0 aliphatic rings. The number of carbonyl (C=O) groups is 1. The molecule has 1 amide bonds. The first kappa shape index (κ1) is 21.1. The van der Waals surface area contributed by atoms with Crippen LogP contribution in [0.2, 0.25) is 5.02 Å². The van der Waals surface area contributed by atoms with E-state index in [1.54, 1.807) is 13.4 Å². The number of nitrogens with one attached hydrogen (secondary N) is 2. The molecule has 148 valence electrons. The predicted octanol–water partition coefficient (Wildman–Crippen LogP) is 4.36. The molecule has 0 atom stereocenters. The number of hydrogen-bond donors (Lipinski definition) is 2. The Bertz CT molecular complexity index is 701. The number of carbonyl (C=O) groups excluding carboxylic acids is 1. The van der Waals surface area contributed by atoms with Gasteiger partial charge in [-0.05, 0) is 43.5 Å². The van der Waals surface area contributed by atoms with Crippen molar-refractivity contribution in [2.75, 3.05) is 25.5 Å². The van der Waals surface area contributed by atoms with E-state index in [4.69, 9.17) is 16.3 Å². The molecule has 0 fully saturated rings. The van der Waals surface area contributed by atoms with Crippen molar-refractivity contribution in [1.29, 1.82) is 0 Å². The van der Waals surface area contributed by atoms with E-state index < -0.39 is 0 Å². The predicted molar refractivity (Wildman–Crippen MR) is 110 cm³/mol. The monoisotopic (exact) mass is 392 g/mol. The maximum Gasteiger partial charge on any atom is 0.271 e. The highest BCUT2D eigenvalue weighted by atomic mass is 35.5. The Labute approximate surface area is 166 Å². The van der Waals surface area contributed by atoms with Gasteiger partial charge >= 0.3 is 0 Å². The summed E-state index contributed by atoms with van der Waals surface area (Å²) in [6.45, 7) is 4.22. The summed E-state index contributed by atoms with van der Waals surface area (Å²) < 4.78 is 7.57. The fourth-order valence-electron chi connectivity index (χ4n) is 2.80. The second-order valence-electron chi connectivity index (χ2n) is 6.36. The van der Waals surface area contributed by atoms with Gasteiger partial charge < -0.3 is 19.9 Å². The fraction of sp³-hybridized carbons (Fsp3) is 0.500. The number of imidazole rings is 1. The van der Waals surface area contributed by atoms with Crippen LogP contribution in [0.4, 0.5) is 5.82 Å². The van der Waals surface area contributed by atoms with Crippen molar-refractivity contribution >= 4 is 23.3 Å². The second-order valence-corrected chi connectivity index (χ2v) is 6.79. The maximum atomic E-state index is 12.5. The third-order valence-corrected chi connectivity index (χ3v) is 4.45. The van der Waals surface area contributed by atoms with E-state index in [1.165, 1.54) is 0 Å². The van der Waals surface area contributed by atoms with E-state index in [1.807, 2.05) is 28.8 Å². The van der Waals surface area contributed by atoms with Gasteiger partial charge in [-0.1, -0.05) is 31.4 Å². The Hall–Kier alpha value is -2.21. The van der Waals surface area contributed by atoms with E-state index >= 15 is 0 Å². The largest absolute Gasteiger partial charge is 0.494 e. The van der Waals surface area contributed by atoms with Gasteiger partial charge in [0.25, 0.3) is 5.91 Å². The lowest BCUT2D eigenvalue weighted by Gasteiger charge is -2.10. The van der Waals surface area contributed by atoms with Gasteiger partial charge in [0.1, 0.15) is 5.75 Å². The van der Waals surface area contributed by atoms with E-state index in [2.05, 4.69) is 22.5 Å². The zero-order valence-electron chi connectivity index (χ0n) is 16.1. The number of aromatic nitrogens is 2. The minimum Gasteiger partial charge on any atom is -0.494 e. The first-order valence-corrected chi connectivity index (χ1v) is 9.93. The van der Waals surface area contributed by atoms with Gasteiger partial charge in [-0.15, -0.1) is 0 Å². The van der Waals surface area contributed by atoms with Crippen LogP contribution in [-0.4, -0.2) is 35.7 Å². The first-order valence-electron chi connectivity index (χ1n) is 9.55. The van der Waals surface area contributed by atoms with Gasteiger partial charge in [0.15, 0.2) is 11.5 Å². The summed E-state index contributed by atoms with van der Waals surface area (Å²) in [7, 11) is 1.78. The normalized spacial score (nSPS) is 10.6. The summed E-state index contributed by atoms with van der Waals surface area (Å²) in [6, 6.07) is 7.40. The number of nitrogens with zero attached hydrogens (tertiary/aromatic N) is 2. The Kier molecular flexibility index (Phi) is 8.98. The molecule has 7 heteroatoms. The van der Waals surface area contributed by atoms with E-state index in [-0.39, 0.29) is 5.91 Å². The third-order valence-electron chi connectivity index (χ3n) is 4.19.